The first-order chi connectivity index (χ1) is 12.3. The molecule has 0 aliphatic rings. The summed E-state index contributed by atoms with van der Waals surface area (Å²) in [7, 11) is 0. The smallest absolute Gasteiger partial charge is 0.319 e. The van der Waals surface area contributed by atoms with Gasteiger partial charge in [-0.1, -0.05) is 78.9 Å². The Labute approximate surface area is 146 Å². The zero-order valence-electron chi connectivity index (χ0n) is 13.7. The van der Waals surface area contributed by atoms with Gasteiger partial charge in [0.25, 0.3) is 0 Å². The van der Waals surface area contributed by atoms with E-state index >= 15 is 0 Å². The van der Waals surface area contributed by atoms with Gasteiger partial charge in [-0.25, -0.2) is 4.79 Å². The van der Waals surface area contributed by atoms with Crippen LogP contribution < -0.4 is 10.6 Å². The molecule has 0 aliphatic carbocycles. The second-order valence-corrected chi connectivity index (χ2v) is 5.97. The predicted molar refractivity (Wildman–Crippen MR) is 104 cm³/mol. The quantitative estimate of drug-likeness (QED) is 0.526. The molecule has 4 rings (SSSR count). The zero-order valence-corrected chi connectivity index (χ0v) is 13.7. The molecular weight excluding hydrogens is 308 g/mol. The Morgan fingerprint density at radius 3 is 2.08 bits per heavy atom. The van der Waals surface area contributed by atoms with Crippen LogP contribution in [-0.4, -0.2) is 6.03 Å². The Morgan fingerprint density at radius 2 is 1.28 bits per heavy atom. The highest BCUT2D eigenvalue weighted by atomic mass is 16.2. The largest absolute Gasteiger partial charge is 0.334 e. The minimum atomic E-state index is -0.204. The summed E-state index contributed by atoms with van der Waals surface area (Å²) in [6, 6.07) is 28.0. The normalized spacial score (nSPS) is 10.7. The average Bonchev–Trinajstić information content (AvgIpc) is 2.66. The van der Waals surface area contributed by atoms with Crippen molar-refractivity contribution in [1.29, 1.82) is 0 Å². The van der Waals surface area contributed by atoms with Gasteiger partial charge < -0.3 is 10.6 Å². The lowest BCUT2D eigenvalue weighted by Crippen LogP contribution is -2.28. The fraction of sp³-hybridized carbons (Fsp3) is 0.0455. The maximum Gasteiger partial charge on any atom is 0.319 e. The van der Waals surface area contributed by atoms with E-state index < -0.39 is 0 Å². The van der Waals surface area contributed by atoms with Gasteiger partial charge in [-0.05, 0) is 27.8 Å². The van der Waals surface area contributed by atoms with Gasteiger partial charge in [0.1, 0.15) is 0 Å². The van der Waals surface area contributed by atoms with Gasteiger partial charge in [-0.2, -0.15) is 0 Å². The molecule has 0 heterocycles. The van der Waals surface area contributed by atoms with Crippen LogP contribution in [0.3, 0.4) is 0 Å². The number of benzene rings is 4. The van der Waals surface area contributed by atoms with Crippen LogP contribution >= 0.6 is 0 Å². The van der Waals surface area contributed by atoms with Gasteiger partial charge in [0, 0.05) is 11.9 Å². The summed E-state index contributed by atoms with van der Waals surface area (Å²) in [5.41, 5.74) is 1.92. The Morgan fingerprint density at radius 1 is 0.680 bits per heavy atom. The van der Waals surface area contributed by atoms with E-state index in [2.05, 4.69) is 28.8 Å². The highest BCUT2D eigenvalue weighted by Gasteiger charge is 2.06. The number of anilines is 1. The molecule has 3 heteroatoms. The minimum Gasteiger partial charge on any atom is -0.334 e. The molecule has 0 radical (unpaired) electrons. The van der Waals surface area contributed by atoms with Crippen molar-refractivity contribution in [2.75, 3.05) is 5.32 Å². The second kappa shape index (κ2) is 6.65. The van der Waals surface area contributed by atoms with E-state index in [0.29, 0.717) is 6.54 Å². The van der Waals surface area contributed by atoms with Gasteiger partial charge in [-0.3, -0.25) is 0 Å². The van der Waals surface area contributed by atoms with E-state index in [0.717, 1.165) is 27.4 Å². The van der Waals surface area contributed by atoms with Crippen LogP contribution in [0.4, 0.5) is 10.5 Å². The molecule has 2 N–H and O–H groups in total. The number of carbonyl (C=O) groups is 1. The molecule has 2 amide bonds. The van der Waals surface area contributed by atoms with Gasteiger partial charge in [-0.15, -0.1) is 0 Å². The van der Waals surface area contributed by atoms with E-state index in [4.69, 9.17) is 0 Å². The van der Waals surface area contributed by atoms with Gasteiger partial charge in [0.15, 0.2) is 0 Å². The van der Waals surface area contributed by atoms with Crippen molar-refractivity contribution in [3.05, 3.63) is 90.5 Å². The third-order valence-corrected chi connectivity index (χ3v) is 4.36. The first-order valence-corrected chi connectivity index (χ1v) is 8.30. The summed E-state index contributed by atoms with van der Waals surface area (Å²) in [6.07, 6.45) is 0. The topological polar surface area (TPSA) is 41.1 Å². The Balaban J connectivity index is 1.50. The maximum atomic E-state index is 12.3. The molecule has 0 saturated heterocycles. The Bertz CT molecular complexity index is 1050. The summed E-state index contributed by atoms with van der Waals surface area (Å²) in [4.78, 5) is 12.3. The molecule has 0 atom stereocenters. The first-order valence-electron chi connectivity index (χ1n) is 8.30. The summed E-state index contributed by atoms with van der Waals surface area (Å²) < 4.78 is 0. The molecule has 0 bridgehead atoms. The number of hydrogen-bond acceptors (Lipinski definition) is 1. The monoisotopic (exact) mass is 326 g/mol. The molecule has 122 valence electrons. The van der Waals surface area contributed by atoms with Gasteiger partial charge >= 0.3 is 6.03 Å². The lowest BCUT2D eigenvalue weighted by Gasteiger charge is -2.11. The molecule has 0 spiro atoms. The third-order valence-electron chi connectivity index (χ3n) is 4.36. The lowest BCUT2D eigenvalue weighted by atomic mass is 10.0. The molecule has 0 aliphatic heterocycles. The van der Waals surface area contributed by atoms with Crippen molar-refractivity contribution in [3.8, 4) is 0 Å². The van der Waals surface area contributed by atoms with Gasteiger partial charge in [0.2, 0.25) is 0 Å². The van der Waals surface area contributed by atoms with Crippen molar-refractivity contribution in [3.63, 3.8) is 0 Å². The van der Waals surface area contributed by atoms with Crippen LogP contribution in [0.25, 0.3) is 21.5 Å². The standard InChI is InChI=1S/C22H18N2O/c25-22(24-21-14-6-10-17-8-2-4-13-20(17)21)23-15-18-11-5-9-16-7-1-3-12-19(16)18/h1-14H,15H2,(H2,23,24,25). The number of fused-ring (bicyclic) bond motifs is 2. The molecule has 0 unspecified atom stereocenters. The van der Waals surface area contributed by atoms with Crippen LogP contribution in [0.2, 0.25) is 0 Å². The number of amides is 2. The summed E-state index contributed by atoms with van der Waals surface area (Å²) in [6.45, 7) is 0.484. The SMILES string of the molecule is O=C(NCc1cccc2ccccc12)Nc1cccc2ccccc12. The van der Waals surface area contributed by atoms with E-state index in [1.807, 2.05) is 66.7 Å². The van der Waals surface area contributed by atoms with Crippen molar-refractivity contribution < 1.29 is 4.79 Å². The van der Waals surface area contributed by atoms with Gasteiger partial charge in [0.05, 0.1) is 5.69 Å². The molecule has 0 fully saturated rings. The number of rotatable bonds is 3. The Kier molecular flexibility index (Phi) is 4.05. The van der Waals surface area contributed by atoms with E-state index in [9.17, 15) is 4.79 Å². The van der Waals surface area contributed by atoms with E-state index in [1.165, 1.54) is 5.39 Å². The minimum absolute atomic E-state index is 0.204. The van der Waals surface area contributed by atoms with Crippen LogP contribution in [0.5, 0.6) is 0 Å². The fourth-order valence-electron chi connectivity index (χ4n) is 3.12. The van der Waals surface area contributed by atoms with Crippen LogP contribution in [0.1, 0.15) is 5.56 Å². The maximum absolute atomic E-state index is 12.3. The molecular formula is C22H18N2O. The van der Waals surface area contributed by atoms with Crippen LogP contribution in [0.15, 0.2) is 84.9 Å². The van der Waals surface area contributed by atoms with E-state index in [-0.39, 0.29) is 6.03 Å². The molecule has 0 aromatic heterocycles. The van der Waals surface area contributed by atoms with Crippen LogP contribution in [0, 0.1) is 0 Å². The predicted octanol–water partition coefficient (Wildman–Crippen LogP) is 5.31. The highest BCUT2D eigenvalue weighted by Crippen LogP contribution is 2.23. The summed E-state index contributed by atoms with van der Waals surface area (Å²) in [5.74, 6) is 0. The van der Waals surface area contributed by atoms with Crippen molar-refractivity contribution >= 4 is 33.3 Å². The number of urea groups is 1. The molecule has 4 aromatic carbocycles. The summed E-state index contributed by atoms with van der Waals surface area (Å²) in [5, 5.41) is 10.4. The van der Waals surface area contributed by atoms with Crippen LogP contribution in [-0.2, 0) is 6.54 Å². The van der Waals surface area contributed by atoms with Crippen molar-refractivity contribution in [2.45, 2.75) is 6.54 Å². The number of carbonyl (C=O) groups excluding carboxylic acids is 1. The molecule has 4 aromatic rings. The molecule has 3 nitrogen and oxygen atoms in total. The lowest BCUT2D eigenvalue weighted by molar-refractivity contribution is 0.252. The summed E-state index contributed by atoms with van der Waals surface area (Å²) >= 11 is 0. The van der Waals surface area contributed by atoms with Crippen molar-refractivity contribution in [2.24, 2.45) is 0 Å². The number of hydrogen-bond donors (Lipinski definition) is 2. The average molecular weight is 326 g/mol. The Hall–Kier alpha value is -3.33. The first kappa shape index (κ1) is 15.2. The highest BCUT2D eigenvalue weighted by molar-refractivity contribution is 6.01. The fourth-order valence-corrected chi connectivity index (χ4v) is 3.12. The van der Waals surface area contributed by atoms with Crippen molar-refractivity contribution in [1.82, 2.24) is 5.32 Å². The number of nitrogens with one attached hydrogen (secondary N) is 2. The van der Waals surface area contributed by atoms with E-state index in [1.54, 1.807) is 0 Å². The molecule has 0 saturated carbocycles. The third kappa shape index (κ3) is 3.17. The molecule has 25 heavy (non-hydrogen) atoms. The zero-order chi connectivity index (χ0) is 17.1. The second-order valence-electron chi connectivity index (χ2n) is 5.97.